The number of carbonyl (C=O) groups excluding carboxylic acids is 1. The van der Waals surface area contributed by atoms with Gasteiger partial charge in [0.2, 0.25) is 0 Å². The lowest BCUT2D eigenvalue weighted by Crippen LogP contribution is -2.44. The molecule has 1 fully saturated rings. The third kappa shape index (κ3) is 2.67. The second kappa shape index (κ2) is 6.20. The van der Waals surface area contributed by atoms with Crippen LogP contribution in [0.25, 0.3) is 0 Å². The van der Waals surface area contributed by atoms with E-state index in [2.05, 4.69) is 0 Å². The highest BCUT2D eigenvalue weighted by atomic mass is 32.1. The summed E-state index contributed by atoms with van der Waals surface area (Å²) in [5.74, 6) is 0.693. The van der Waals surface area contributed by atoms with Gasteiger partial charge < -0.3 is 14.7 Å². The van der Waals surface area contributed by atoms with Crippen LogP contribution in [0.5, 0.6) is 5.75 Å². The van der Waals surface area contributed by atoms with Gasteiger partial charge in [0.05, 0.1) is 7.11 Å². The first-order chi connectivity index (χ1) is 8.77. The zero-order chi connectivity index (χ0) is 13.0. The van der Waals surface area contributed by atoms with E-state index in [1.54, 1.807) is 7.11 Å². The Morgan fingerprint density at radius 2 is 2.39 bits per heavy atom. The molecule has 1 heterocycles. The highest BCUT2D eigenvalue weighted by Crippen LogP contribution is 2.31. The molecule has 1 aliphatic carbocycles. The summed E-state index contributed by atoms with van der Waals surface area (Å²) in [6, 6.07) is 2.17. The zero-order valence-electron chi connectivity index (χ0n) is 10.6. The van der Waals surface area contributed by atoms with Crippen molar-refractivity contribution in [2.24, 2.45) is 0 Å². The van der Waals surface area contributed by atoms with Gasteiger partial charge in [-0.3, -0.25) is 4.79 Å². The molecule has 1 aliphatic rings. The molecule has 18 heavy (non-hydrogen) atoms. The molecule has 1 aromatic heterocycles. The van der Waals surface area contributed by atoms with Gasteiger partial charge in [-0.25, -0.2) is 0 Å². The minimum absolute atomic E-state index is 0.0417. The van der Waals surface area contributed by atoms with Crippen molar-refractivity contribution in [3.63, 3.8) is 0 Å². The van der Waals surface area contributed by atoms with E-state index in [1.807, 2.05) is 16.3 Å². The molecule has 0 radical (unpaired) electrons. The molecular weight excluding hydrogens is 250 g/mol. The summed E-state index contributed by atoms with van der Waals surface area (Å²) in [6.45, 7) is 0.749. The SMILES string of the molecule is COc1ccsc1C(=O)N(CCCO)C1CCC1. The second-order valence-electron chi connectivity index (χ2n) is 4.48. The molecule has 4 nitrogen and oxygen atoms in total. The molecule has 0 unspecified atom stereocenters. The van der Waals surface area contributed by atoms with Gasteiger partial charge >= 0.3 is 0 Å². The fraction of sp³-hybridized carbons (Fsp3) is 0.615. The molecule has 100 valence electrons. The summed E-state index contributed by atoms with van der Waals surface area (Å²) in [5, 5.41) is 10.8. The van der Waals surface area contributed by atoms with Gasteiger partial charge in [0.1, 0.15) is 10.6 Å². The zero-order valence-corrected chi connectivity index (χ0v) is 11.4. The normalized spacial score (nSPS) is 15.2. The molecule has 5 heteroatoms. The lowest BCUT2D eigenvalue weighted by Gasteiger charge is -2.37. The van der Waals surface area contributed by atoms with Crippen LogP contribution in [0.3, 0.4) is 0 Å². The minimum atomic E-state index is 0.0417. The van der Waals surface area contributed by atoms with E-state index in [1.165, 1.54) is 17.8 Å². The van der Waals surface area contributed by atoms with Gasteiger partial charge in [-0.2, -0.15) is 0 Å². The molecule has 1 amide bonds. The number of thiophene rings is 1. The topological polar surface area (TPSA) is 49.8 Å². The van der Waals surface area contributed by atoms with Gasteiger partial charge in [-0.1, -0.05) is 0 Å². The van der Waals surface area contributed by atoms with Crippen LogP contribution in [-0.4, -0.2) is 42.2 Å². The molecular formula is C13H19NO3S. The molecule has 0 spiro atoms. The van der Waals surface area contributed by atoms with Crippen LogP contribution in [0, 0.1) is 0 Å². The average molecular weight is 269 g/mol. The quantitative estimate of drug-likeness (QED) is 0.860. The number of nitrogens with zero attached hydrogens (tertiary/aromatic N) is 1. The Morgan fingerprint density at radius 1 is 1.61 bits per heavy atom. The molecule has 0 aliphatic heterocycles. The van der Waals surface area contributed by atoms with Crippen LogP contribution in [0.1, 0.15) is 35.4 Å². The van der Waals surface area contributed by atoms with Crippen LogP contribution in [-0.2, 0) is 0 Å². The fourth-order valence-electron chi connectivity index (χ4n) is 2.13. The van der Waals surface area contributed by atoms with Crippen LogP contribution in [0.2, 0.25) is 0 Å². The Labute approximate surface area is 111 Å². The lowest BCUT2D eigenvalue weighted by atomic mass is 9.91. The highest BCUT2D eigenvalue weighted by Gasteiger charge is 2.30. The molecule has 1 saturated carbocycles. The number of aliphatic hydroxyl groups excluding tert-OH is 1. The van der Waals surface area contributed by atoms with Gasteiger partial charge in [-0.05, 0) is 37.1 Å². The van der Waals surface area contributed by atoms with Crippen LogP contribution in [0.4, 0.5) is 0 Å². The number of amides is 1. The van der Waals surface area contributed by atoms with Crippen LogP contribution >= 0.6 is 11.3 Å². The number of carbonyl (C=O) groups is 1. The van der Waals surface area contributed by atoms with E-state index < -0.39 is 0 Å². The average Bonchev–Trinajstić information content (AvgIpc) is 2.79. The summed E-state index contributed by atoms with van der Waals surface area (Å²) in [5.41, 5.74) is 0. The number of ether oxygens (including phenoxy) is 1. The van der Waals surface area contributed by atoms with E-state index >= 15 is 0 Å². The number of aliphatic hydroxyl groups is 1. The van der Waals surface area contributed by atoms with Gasteiger partial charge in [0.15, 0.2) is 0 Å². The van der Waals surface area contributed by atoms with Crippen LogP contribution < -0.4 is 4.74 Å². The van der Waals surface area contributed by atoms with Crippen molar-refractivity contribution >= 4 is 17.2 Å². The number of hydrogen-bond acceptors (Lipinski definition) is 4. The first kappa shape index (κ1) is 13.4. The smallest absolute Gasteiger partial charge is 0.267 e. The van der Waals surface area contributed by atoms with E-state index in [0.29, 0.717) is 29.6 Å². The van der Waals surface area contributed by atoms with Crippen molar-refractivity contribution in [1.82, 2.24) is 4.90 Å². The van der Waals surface area contributed by atoms with Crippen LogP contribution in [0.15, 0.2) is 11.4 Å². The van der Waals surface area contributed by atoms with Crippen molar-refractivity contribution in [2.45, 2.75) is 31.7 Å². The van der Waals surface area contributed by atoms with E-state index in [9.17, 15) is 4.79 Å². The third-order valence-electron chi connectivity index (χ3n) is 3.38. The number of hydrogen-bond donors (Lipinski definition) is 1. The Morgan fingerprint density at radius 3 is 2.94 bits per heavy atom. The van der Waals surface area contributed by atoms with E-state index in [4.69, 9.17) is 9.84 Å². The minimum Gasteiger partial charge on any atom is -0.495 e. The Bertz CT molecular complexity index is 401. The standard InChI is InChI=1S/C13H19NO3S/c1-17-11-6-9-18-12(11)13(16)14(7-3-8-15)10-4-2-5-10/h6,9-10,15H,2-5,7-8H2,1H3. The van der Waals surface area contributed by atoms with Crippen molar-refractivity contribution in [3.8, 4) is 5.75 Å². The molecule has 1 aromatic rings. The predicted molar refractivity (Wildman–Crippen MR) is 71.2 cm³/mol. The van der Waals surface area contributed by atoms with Crippen molar-refractivity contribution in [2.75, 3.05) is 20.3 Å². The summed E-state index contributed by atoms with van der Waals surface area (Å²) >= 11 is 1.42. The maximum atomic E-state index is 12.5. The third-order valence-corrected chi connectivity index (χ3v) is 4.26. The summed E-state index contributed by atoms with van der Waals surface area (Å²) in [4.78, 5) is 15.1. The maximum Gasteiger partial charge on any atom is 0.267 e. The van der Waals surface area contributed by atoms with E-state index in [-0.39, 0.29) is 12.5 Å². The molecule has 1 N–H and O–H groups in total. The van der Waals surface area contributed by atoms with Crippen molar-refractivity contribution < 1.29 is 14.6 Å². The van der Waals surface area contributed by atoms with Gasteiger partial charge in [-0.15, -0.1) is 11.3 Å². The summed E-state index contributed by atoms with van der Waals surface area (Å²) in [6.07, 6.45) is 3.97. The van der Waals surface area contributed by atoms with Gasteiger partial charge in [0, 0.05) is 19.2 Å². The molecule has 0 saturated heterocycles. The Kier molecular flexibility index (Phi) is 4.60. The Balaban J connectivity index is 2.11. The fourth-order valence-corrected chi connectivity index (χ4v) is 2.95. The second-order valence-corrected chi connectivity index (χ2v) is 5.39. The molecule has 0 atom stereocenters. The summed E-state index contributed by atoms with van der Waals surface area (Å²) in [7, 11) is 1.58. The van der Waals surface area contributed by atoms with Gasteiger partial charge in [0.25, 0.3) is 5.91 Å². The molecule has 2 rings (SSSR count). The first-order valence-electron chi connectivity index (χ1n) is 6.31. The number of rotatable bonds is 6. The molecule has 0 aromatic carbocycles. The lowest BCUT2D eigenvalue weighted by molar-refractivity contribution is 0.0564. The number of methoxy groups -OCH3 is 1. The Hall–Kier alpha value is -1.07. The predicted octanol–water partition coefficient (Wildman–Crippen LogP) is 2.13. The summed E-state index contributed by atoms with van der Waals surface area (Å²) < 4.78 is 5.21. The monoisotopic (exact) mass is 269 g/mol. The van der Waals surface area contributed by atoms with E-state index in [0.717, 1.165) is 12.8 Å². The largest absolute Gasteiger partial charge is 0.495 e. The maximum absolute atomic E-state index is 12.5. The van der Waals surface area contributed by atoms with Crippen molar-refractivity contribution in [1.29, 1.82) is 0 Å². The highest BCUT2D eigenvalue weighted by molar-refractivity contribution is 7.12. The van der Waals surface area contributed by atoms with Crippen molar-refractivity contribution in [3.05, 3.63) is 16.3 Å². The first-order valence-corrected chi connectivity index (χ1v) is 7.19. The molecule has 0 bridgehead atoms.